The Kier molecular flexibility index (Phi) is 6.31. The van der Waals surface area contributed by atoms with Crippen LogP contribution in [0.25, 0.3) is 0 Å². The highest BCUT2D eigenvalue weighted by Crippen LogP contribution is 2.27. The number of carbonyl (C=O) groups is 2. The van der Waals surface area contributed by atoms with Gasteiger partial charge in [-0.05, 0) is 42.5 Å². The molecule has 7 nitrogen and oxygen atoms in total. The number of ether oxygens (including phenoxy) is 1. The minimum absolute atomic E-state index is 0.168. The standard InChI is InChI=1S/C24H25N3O4/c1-30-20-9-5-8-19(12-20)24(29)27(15-18-6-3-2-4-7-18)16-21-13-22(26-31-21)23(28)25-14-17-10-11-17/h2-9,12-13,17H,10-11,14-16H2,1H3,(H,25,28). The summed E-state index contributed by atoms with van der Waals surface area (Å²) in [6, 6.07) is 18.3. The first-order valence-corrected chi connectivity index (χ1v) is 10.3. The maximum Gasteiger partial charge on any atom is 0.273 e. The van der Waals surface area contributed by atoms with E-state index >= 15 is 0 Å². The van der Waals surface area contributed by atoms with E-state index in [1.165, 1.54) is 0 Å². The lowest BCUT2D eigenvalue weighted by atomic mass is 10.1. The first-order valence-electron chi connectivity index (χ1n) is 10.3. The summed E-state index contributed by atoms with van der Waals surface area (Å²) in [5.74, 6) is 1.22. The summed E-state index contributed by atoms with van der Waals surface area (Å²) in [6.45, 7) is 1.24. The molecule has 0 spiro atoms. The Morgan fingerprint density at radius 3 is 2.65 bits per heavy atom. The molecule has 1 saturated carbocycles. The van der Waals surface area contributed by atoms with Crippen LogP contribution in [-0.2, 0) is 13.1 Å². The van der Waals surface area contributed by atoms with Crippen LogP contribution in [0.15, 0.2) is 65.2 Å². The molecule has 3 aromatic rings. The molecule has 1 aliphatic rings. The molecule has 7 heteroatoms. The molecule has 1 aliphatic carbocycles. The second-order valence-electron chi connectivity index (χ2n) is 7.71. The number of hydrogen-bond acceptors (Lipinski definition) is 5. The molecule has 31 heavy (non-hydrogen) atoms. The Hall–Kier alpha value is -3.61. The highest BCUT2D eigenvalue weighted by atomic mass is 16.5. The molecular weight excluding hydrogens is 394 g/mol. The fourth-order valence-corrected chi connectivity index (χ4v) is 3.27. The second kappa shape index (κ2) is 9.47. The minimum Gasteiger partial charge on any atom is -0.497 e. The SMILES string of the molecule is COc1cccc(C(=O)N(Cc2ccccc2)Cc2cc(C(=O)NCC3CC3)no2)c1. The van der Waals surface area contributed by atoms with Gasteiger partial charge in [0.05, 0.1) is 13.7 Å². The second-order valence-corrected chi connectivity index (χ2v) is 7.71. The number of carbonyl (C=O) groups excluding carboxylic acids is 2. The summed E-state index contributed by atoms with van der Waals surface area (Å²) in [5, 5.41) is 6.76. The molecule has 1 aromatic heterocycles. The molecule has 1 heterocycles. The van der Waals surface area contributed by atoms with Crippen molar-refractivity contribution in [3.63, 3.8) is 0 Å². The molecule has 0 saturated heterocycles. The van der Waals surface area contributed by atoms with Crippen molar-refractivity contribution < 1.29 is 18.8 Å². The van der Waals surface area contributed by atoms with E-state index < -0.39 is 0 Å². The Morgan fingerprint density at radius 1 is 1.10 bits per heavy atom. The number of amides is 2. The summed E-state index contributed by atoms with van der Waals surface area (Å²) in [4.78, 5) is 27.2. The number of methoxy groups -OCH3 is 1. The predicted octanol–water partition coefficient (Wildman–Crippen LogP) is 3.67. The van der Waals surface area contributed by atoms with Crippen molar-refractivity contribution in [3.05, 3.63) is 83.2 Å². The third kappa shape index (κ3) is 5.51. The Balaban J connectivity index is 1.51. The van der Waals surface area contributed by atoms with Crippen molar-refractivity contribution in [1.82, 2.24) is 15.4 Å². The Labute approximate surface area is 181 Å². The van der Waals surface area contributed by atoms with Gasteiger partial charge in [-0.3, -0.25) is 9.59 Å². The van der Waals surface area contributed by atoms with Gasteiger partial charge in [0.25, 0.3) is 11.8 Å². The lowest BCUT2D eigenvalue weighted by Gasteiger charge is -2.22. The monoisotopic (exact) mass is 419 g/mol. The van der Waals surface area contributed by atoms with Crippen molar-refractivity contribution in [2.24, 2.45) is 5.92 Å². The van der Waals surface area contributed by atoms with Crippen LogP contribution in [0.5, 0.6) is 5.75 Å². The van der Waals surface area contributed by atoms with Crippen molar-refractivity contribution in [1.29, 1.82) is 0 Å². The van der Waals surface area contributed by atoms with E-state index in [4.69, 9.17) is 9.26 Å². The number of aromatic nitrogens is 1. The zero-order valence-electron chi connectivity index (χ0n) is 17.4. The summed E-state index contributed by atoms with van der Waals surface area (Å²) < 4.78 is 10.6. The van der Waals surface area contributed by atoms with Crippen molar-refractivity contribution in [3.8, 4) is 5.75 Å². The van der Waals surface area contributed by atoms with Crippen molar-refractivity contribution >= 4 is 11.8 Å². The first-order chi connectivity index (χ1) is 15.1. The maximum atomic E-state index is 13.3. The van der Waals surface area contributed by atoms with Gasteiger partial charge in [0.2, 0.25) is 0 Å². The van der Waals surface area contributed by atoms with Gasteiger partial charge in [-0.15, -0.1) is 0 Å². The number of hydrogen-bond donors (Lipinski definition) is 1. The number of rotatable bonds is 9. The first kappa shape index (κ1) is 20.7. The molecular formula is C24H25N3O4. The molecule has 0 atom stereocenters. The van der Waals surface area contributed by atoms with E-state index in [1.807, 2.05) is 30.3 Å². The lowest BCUT2D eigenvalue weighted by Crippen LogP contribution is -2.30. The van der Waals surface area contributed by atoms with Crippen LogP contribution in [0.2, 0.25) is 0 Å². The zero-order valence-corrected chi connectivity index (χ0v) is 17.4. The van der Waals surface area contributed by atoms with Gasteiger partial charge in [-0.1, -0.05) is 41.6 Å². The molecule has 1 fully saturated rings. The smallest absolute Gasteiger partial charge is 0.273 e. The Bertz CT molecular complexity index is 1040. The molecule has 2 aromatic carbocycles. The van der Waals surface area contributed by atoms with Crippen LogP contribution in [0.3, 0.4) is 0 Å². The fraction of sp³-hybridized carbons (Fsp3) is 0.292. The topological polar surface area (TPSA) is 84.7 Å². The van der Waals surface area contributed by atoms with Crippen LogP contribution in [0, 0.1) is 5.92 Å². The van der Waals surface area contributed by atoms with Gasteiger partial charge in [0.1, 0.15) is 5.75 Å². The molecule has 0 unspecified atom stereocenters. The highest BCUT2D eigenvalue weighted by Gasteiger charge is 2.24. The molecule has 0 bridgehead atoms. The largest absolute Gasteiger partial charge is 0.497 e. The summed E-state index contributed by atoms with van der Waals surface area (Å²) in [5.41, 5.74) is 1.72. The van der Waals surface area contributed by atoms with Crippen molar-refractivity contribution in [2.45, 2.75) is 25.9 Å². The van der Waals surface area contributed by atoms with E-state index in [9.17, 15) is 9.59 Å². The molecule has 1 N–H and O–H groups in total. The van der Waals surface area contributed by atoms with E-state index in [0.29, 0.717) is 36.1 Å². The van der Waals surface area contributed by atoms with Gasteiger partial charge < -0.3 is 19.5 Å². The van der Waals surface area contributed by atoms with Gasteiger partial charge in [-0.2, -0.15) is 0 Å². The molecule has 2 amide bonds. The van der Waals surface area contributed by atoms with Gasteiger partial charge in [-0.25, -0.2) is 0 Å². The number of nitrogens with one attached hydrogen (secondary N) is 1. The minimum atomic E-state index is -0.254. The van der Waals surface area contributed by atoms with Crippen molar-refractivity contribution in [2.75, 3.05) is 13.7 Å². The number of benzene rings is 2. The summed E-state index contributed by atoms with van der Waals surface area (Å²) >= 11 is 0. The summed E-state index contributed by atoms with van der Waals surface area (Å²) in [6.07, 6.45) is 2.32. The average Bonchev–Trinajstić information content (AvgIpc) is 3.53. The fourth-order valence-electron chi connectivity index (χ4n) is 3.27. The van der Waals surface area contributed by atoms with E-state index in [0.717, 1.165) is 18.4 Å². The zero-order chi connectivity index (χ0) is 21.6. The highest BCUT2D eigenvalue weighted by molar-refractivity contribution is 5.94. The van der Waals surface area contributed by atoms with Crippen LogP contribution < -0.4 is 10.1 Å². The van der Waals surface area contributed by atoms with Gasteiger partial charge >= 0.3 is 0 Å². The number of nitrogens with zero attached hydrogens (tertiary/aromatic N) is 2. The molecule has 160 valence electrons. The van der Waals surface area contributed by atoms with Gasteiger partial charge in [0, 0.05) is 24.7 Å². The third-order valence-electron chi connectivity index (χ3n) is 5.21. The van der Waals surface area contributed by atoms with Crippen LogP contribution in [-0.4, -0.2) is 35.5 Å². The Morgan fingerprint density at radius 2 is 1.90 bits per heavy atom. The molecule has 0 aliphatic heterocycles. The van der Waals surface area contributed by atoms with Crippen LogP contribution in [0.4, 0.5) is 0 Å². The van der Waals surface area contributed by atoms with Crippen LogP contribution in [0.1, 0.15) is 45.0 Å². The maximum absolute atomic E-state index is 13.3. The predicted molar refractivity (Wildman–Crippen MR) is 115 cm³/mol. The van der Waals surface area contributed by atoms with E-state index in [-0.39, 0.29) is 24.1 Å². The normalized spacial score (nSPS) is 12.9. The third-order valence-corrected chi connectivity index (χ3v) is 5.21. The molecule has 4 rings (SSSR count). The lowest BCUT2D eigenvalue weighted by molar-refractivity contribution is 0.0712. The molecule has 0 radical (unpaired) electrons. The average molecular weight is 419 g/mol. The van der Waals surface area contributed by atoms with E-state index in [1.54, 1.807) is 42.3 Å². The van der Waals surface area contributed by atoms with Gasteiger partial charge in [0.15, 0.2) is 11.5 Å². The van der Waals surface area contributed by atoms with Crippen LogP contribution >= 0.6 is 0 Å². The summed E-state index contributed by atoms with van der Waals surface area (Å²) in [7, 11) is 1.57. The van der Waals surface area contributed by atoms with E-state index in [2.05, 4.69) is 10.5 Å². The quantitative estimate of drug-likeness (QED) is 0.572.